The first-order valence-corrected chi connectivity index (χ1v) is 6.41. The highest BCUT2D eigenvalue weighted by atomic mass is 32.2. The smallest absolute Gasteiger partial charge is 0.306 e. The minimum Gasteiger partial charge on any atom is -0.383 e. The van der Waals surface area contributed by atoms with Crippen molar-refractivity contribution in [2.24, 2.45) is 0 Å². The van der Waals surface area contributed by atoms with Gasteiger partial charge < -0.3 is 8.74 Å². The van der Waals surface area contributed by atoms with E-state index in [1.54, 1.807) is 0 Å². The minimum absolute atomic E-state index is 0.0207. The third-order valence-electron chi connectivity index (χ3n) is 1.25. The molecule has 0 fully saturated rings. The molecular weight excluding hydrogens is 228 g/mol. The van der Waals surface area contributed by atoms with Gasteiger partial charge in [0, 0.05) is 6.07 Å². The molecule has 0 aromatic heterocycles. The quantitative estimate of drug-likeness (QED) is 0.614. The topological polar surface area (TPSA) is 80.7 Å². The highest BCUT2D eigenvalue weighted by Crippen LogP contribution is 2.16. The summed E-state index contributed by atoms with van der Waals surface area (Å²) >= 11 is -2.14. The van der Waals surface area contributed by atoms with E-state index in [0.29, 0.717) is 0 Å². The maximum atomic E-state index is 10.7. The van der Waals surface area contributed by atoms with Gasteiger partial charge in [-0.15, -0.1) is 0 Å². The Labute approximate surface area is 84.1 Å². The van der Waals surface area contributed by atoms with Crippen LogP contribution in [-0.4, -0.2) is 23.4 Å². The van der Waals surface area contributed by atoms with Crippen molar-refractivity contribution in [2.75, 3.05) is 6.26 Å². The Morgan fingerprint density at radius 3 is 2.57 bits per heavy atom. The zero-order chi connectivity index (χ0) is 10.8. The molecular formula is C7H8O5S2. The number of hydrogen-bond acceptors (Lipinski definition) is 4. The monoisotopic (exact) mass is 236 g/mol. The minimum atomic E-state index is -3.60. The summed E-state index contributed by atoms with van der Waals surface area (Å²) in [6.07, 6.45) is 0.898. The highest BCUT2D eigenvalue weighted by Gasteiger charge is 2.06. The van der Waals surface area contributed by atoms with E-state index in [4.69, 9.17) is 4.55 Å². The highest BCUT2D eigenvalue weighted by molar-refractivity contribution is 7.86. The maximum absolute atomic E-state index is 10.7. The summed E-state index contributed by atoms with van der Waals surface area (Å²) in [6, 6.07) is 5.41. The van der Waals surface area contributed by atoms with Crippen LogP contribution in [0.2, 0.25) is 0 Å². The van der Waals surface area contributed by atoms with E-state index in [2.05, 4.69) is 4.18 Å². The molecule has 78 valence electrons. The molecule has 0 amide bonds. The molecule has 1 unspecified atom stereocenters. The van der Waals surface area contributed by atoms with Gasteiger partial charge >= 0.3 is 10.1 Å². The van der Waals surface area contributed by atoms with Gasteiger partial charge in [-0.3, -0.25) is 0 Å². The lowest BCUT2D eigenvalue weighted by Crippen LogP contribution is -2.05. The molecule has 0 spiro atoms. The molecule has 1 N–H and O–H groups in total. The van der Waals surface area contributed by atoms with E-state index < -0.39 is 21.2 Å². The van der Waals surface area contributed by atoms with Crippen LogP contribution in [0.1, 0.15) is 0 Å². The molecule has 0 heterocycles. The molecule has 0 saturated heterocycles. The van der Waals surface area contributed by atoms with Crippen LogP contribution in [0.5, 0.6) is 5.75 Å². The van der Waals surface area contributed by atoms with Crippen LogP contribution in [0.4, 0.5) is 0 Å². The molecule has 1 aromatic rings. The van der Waals surface area contributed by atoms with E-state index in [0.717, 1.165) is 6.26 Å². The molecule has 14 heavy (non-hydrogen) atoms. The molecule has 1 rings (SSSR count). The Hall–Kier alpha value is -0.920. The Balaban J connectivity index is 3.01. The van der Waals surface area contributed by atoms with Crippen LogP contribution in [-0.2, 0) is 21.2 Å². The molecule has 0 bridgehead atoms. The Bertz CT molecular complexity index is 451. The molecule has 0 saturated carbocycles. The lowest BCUT2D eigenvalue weighted by atomic mass is 10.3. The molecule has 5 nitrogen and oxygen atoms in total. The number of benzene rings is 1. The van der Waals surface area contributed by atoms with Gasteiger partial charge in [-0.25, -0.2) is 4.21 Å². The fourth-order valence-electron chi connectivity index (χ4n) is 0.809. The van der Waals surface area contributed by atoms with Gasteiger partial charge in [0.2, 0.25) is 0 Å². The fraction of sp³-hybridized carbons (Fsp3) is 0.143. The summed E-state index contributed by atoms with van der Waals surface area (Å²) in [5.74, 6) is 0.0207. The van der Waals surface area contributed by atoms with Crippen molar-refractivity contribution in [3.05, 3.63) is 24.3 Å². The summed E-state index contributed by atoms with van der Waals surface area (Å²) in [6.45, 7) is 0. The van der Waals surface area contributed by atoms with Crippen molar-refractivity contribution >= 4 is 21.2 Å². The SMILES string of the molecule is CS(=O)(=O)Oc1cccc(S(=O)O)c1. The van der Waals surface area contributed by atoms with Gasteiger partial charge in [-0.1, -0.05) is 6.07 Å². The summed E-state index contributed by atoms with van der Waals surface area (Å²) in [5.41, 5.74) is 0. The van der Waals surface area contributed by atoms with Crippen molar-refractivity contribution < 1.29 is 21.4 Å². The molecule has 0 aliphatic carbocycles. The summed E-state index contributed by atoms with van der Waals surface area (Å²) in [5, 5.41) is 0. The molecule has 0 aliphatic heterocycles. The Morgan fingerprint density at radius 2 is 2.07 bits per heavy atom. The zero-order valence-corrected chi connectivity index (χ0v) is 8.84. The fourth-order valence-corrected chi connectivity index (χ4v) is 1.67. The van der Waals surface area contributed by atoms with Gasteiger partial charge in [-0.05, 0) is 12.1 Å². The van der Waals surface area contributed by atoms with Crippen LogP contribution < -0.4 is 4.18 Å². The van der Waals surface area contributed by atoms with E-state index >= 15 is 0 Å². The third-order valence-corrected chi connectivity index (χ3v) is 2.41. The van der Waals surface area contributed by atoms with Crippen molar-refractivity contribution in [1.29, 1.82) is 0 Å². The van der Waals surface area contributed by atoms with Crippen LogP contribution in [0.25, 0.3) is 0 Å². The average Bonchev–Trinajstić information content (AvgIpc) is 2.01. The lowest BCUT2D eigenvalue weighted by molar-refractivity contribution is 0.491. The summed E-state index contributed by atoms with van der Waals surface area (Å²) in [7, 11) is -3.60. The van der Waals surface area contributed by atoms with Crippen molar-refractivity contribution in [1.82, 2.24) is 0 Å². The first-order chi connectivity index (χ1) is 6.38. The third kappa shape index (κ3) is 3.44. The zero-order valence-electron chi connectivity index (χ0n) is 7.21. The van der Waals surface area contributed by atoms with E-state index in [1.807, 2.05) is 0 Å². The molecule has 1 atom stereocenters. The van der Waals surface area contributed by atoms with E-state index in [-0.39, 0.29) is 10.6 Å². The average molecular weight is 236 g/mol. The van der Waals surface area contributed by atoms with Crippen molar-refractivity contribution in [3.63, 3.8) is 0 Å². The second-order valence-electron chi connectivity index (χ2n) is 2.51. The van der Waals surface area contributed by atoms with Gasteiger partial charge in [-0.2, -0.15) is 8.42 Å². The van der Waals surface area contributed by atoms with E-state index in [9.17, 15) is 12.6 Å². The number of hydrogen-bond donors (Lipinski definition) is 1. The second kappa shape index (κ2) is 4.07. The summed E-state index contributed by atoms with van der Waals surface area (Å²) in [4.78, 5) is 0.0890. The van der Waals surface area contributed by atoms with Crippen molar-refractivity contribution in [3.8, 4) is 5.75 Å². The van der Waals surface area contributed by atoms with Gasteiger partial charge in [0.05, 0.1) is 11.2 Å². The molecule has 7 heteroatoms. The molecule has 0 radical (unpaired) electrons. The largest absolute Gasteiger partial charge is 0.383 e. The predicted octanol–water partition coefficient (Wildman–Crippen LogP) is 0.606. The van der Waals surface area contributed by atoms with Crippen LogP contribution in [0.15, 0.2) is 29.2 Å². The number of rotatable bonds is 3. The normalized spacial score (nSPS) is 13.6. The van der Waals surface area contributed by atoms with Gasteiger partial charge in [0.15, 0.2) is 11.1 Å². The first-order valence-electron chi connectivity index (χ1n) is 3.49. The van der Waals surface area contributed by atoms with Gasteiger partial charge in [0.25, 0.3) is 0 Å². The van der Waals surface area contributed by atoms with E-state index in [1.165, 1.54) is 24.3 Å². The second-order valence-corrected chi connectivity index (χ2v) is 5.06. The molecule has 0 aliphatic rings. The van der Waals surface area contributed by atoms with Crippen molar-refractivity contribution in [2.45, 2.75) is 4.90 Å². The standard InChI is InChI=1S/C7H8O5S2/c1-14(10,11)12-6-3-2-4-7(5-6)13(8)9/h2-5H,1H3,(H,8,9). The van der Waals surface area contributed by atoms with Crippen LogP contribution >= 0.6 is 0 Å². The predicted molar refractivity (Wildman–Crippen MR) is 51.0 cm³/mol. The maximum Gasteiger partial charge on any atom is 0.306 e. The lowest BCUT2D eigenvalue weighted by Gasteiger charge is -2.02. The summed E-state index contributed by atoms with van der Waals surface area (Å²) < 4.78 is 45.3. The Kier molecular flexibility index (Phi) is 3.25. The van der Waals surface area contributed by atoms with Gasteiger partial charge in [0.1, 0.15) is 5.75 Å². The Morgan fingerprint density at radius 1 is 1.43 bits per heavy atom. The first kappa shape index (κ1) is 11.2. The van der Waals surface area contributed by atoms with Crippen LogP contribution in [0.3, 0.4) is 0 Å². The van der Waals surface area contributed by atoms with Crippen LogP contribution in [0, 0.1) is 0 Å². The molecule has 1 aromatic carbocycles.